The smallest absolute Gasteiger partial charge is 0.171 e. The van der Waals surface area contributed by atoms with Gasteiger partial charge in [-0.25, -0.2) is 8.78 Å². The maximum Gasteiger partial charge on any atom is 0.171 e. The summed E-state index contributed by atoms with van der Waals surface area (Å²) < 4.78 is 36.5. The van der Waals surface area contributed by atoms with Crippen molar-refractivity contribution in [2.24, 2.45) is 0 Å². The van der Waals surface area contributed by atoms with Crippen molar-refractivity contribution in [1.82, 2.24) is 0 Å². The highest BCUT2D eigenvalue weighted by Gasteiger charge is 2.23. The van der Waals surface area contributed by atoms with E-state index in [4.69, 9.17) is 14.6 Å². The molecule has 1 N–H and O–H groups in total. The lowest BCUT2D eigenvalue weighted by Crippen LogP contribution is -2.05. The third kappa shape index (κ3) is 1.74. The Labute approximate surface area is 86.2 Å². The quantitative estimate of drug-likeness (QED) is 0.840. The molecule has 5 heteroatoms. The Morgan fingerprint density at radius 1 is 1.07 bits per heavy atom. The number of rotatable bonds is 3. The summed E-state index contributed by atoms with van der Waals surface area (Å²) in [6.45, 7) is 0.720. The Balaban J connectivity index is 3.59. The van der Waals surface area contributed by atoms with E-state index in [9.17, 15) is 8.78 Å². The number of aliphatic hydroxyl groups is 1. The fourth-order valence-corrected chi connectivity index (χ4v) is 1.37. The van der Waals surface area contributed by atoms with Gasteiger partial charge < -0.3 is 14.6 Å². The molecule has 0 spiro atoms. The maximum absolute atomic E-state index is 13.5. The molecule has 0 saturated carbocycles. The number of hydrogen-bond donors (Lipinski definition) is 1. The second kappa shape index (κ2) is 4.44. The summed E-state index contributed by atoms with van der Waals surface area (Å²) in [7, 11) is 2.49. The van der Waals surface area contributed by atoms with Crippen molar-refractivity contribution in [3.8, 4) is 11.5 Å². The predicted octanol–water partition coefficient (Wildman–Crippen LogP) is 1.78. The van der Waals surface area contributed by atoms with E-state index in [2.05, 4.69) is 0 Å². The second-order valence-electron chi connectivity index (χ2n) is 2.96. The minimum Gasteiger partial charge on any atom is -0.493 e. The van der Waals surface area contributed by atoms with Gasteiger partial charge in [0.25, 0.3) is 0 Å². The highest BCUT2D eigenvalue weighted by molar-refractivity contribution is 5.49. The lowest BCUT2D eigenvalue weighted by atomic mass is 10.1. The predicted molar refractivity (Wildman–Crippen MR) is 50.1 cm³/mol. The molecule has 0 saturated heterocycles. The van der Waals surface area contributed by atoms with Crippen LogP contribution in [0, 0.1) is 18.6 Å². The summed E-state index contributed by atoms with van der Waals surface area (Å²) in [5.74, 6) is -2.01. The van der Waals surface area contributed by atoms with Gasteiger partial charge in [0.2, 0.25) is 0 Å². The third-order valence-corrected chi connectivity index (χ3v) is 2.17. The van der Waals surface area contributed by atoms with Crippen molar-refractivity contribution in [1.29, 1.82) is 0 Å². The van der Waals surface area contributed by atoms with Gasteiger partial charge in [0.1, 0.15) is 0 Å². The van der Waals surface area contributed by atoms with Gasteiger partial charge in [-0.3, -0.25) is 0 Å². The van der Waals surface area contributed by atoms with E-state index < -0.39 is 18.2 Å². The van der Waals surface area contributed by atoms with Crippen molar-refractivity contribution in [2.45, 2.75) is 13.5 Å². The highest BCUT2D eigenvalue weighted by atomic mass is 19.1. The Hall–Kier alpha value is -1.36. The maximum atomic E-state index is 13.5. The van der Waals surface area contributed by atoms with Crippen LogP contribution >= 0.6 is 0 Å². The molecular formula is C10H12F2O3. The molecule has 0 unspecified atom stereocenters. The van der Waals surface area contributed by atoms with Gasteiger partial charge in [-0.1, -0.05) is 0 Å². The number of hydrogen-bond acceptors (Lipinski definition) is 3. The first-order valence-corrected chi connectivity index (χ1v) is 4.27. The van der Waals surface area contributed by atoms with Crippen molar-refractivity contribution in [3.63, 3.8) is 0 Å². The molecule has 0 aliphatic carbocycles. The molecule has 84 valence electrons. The molecule has 1 aromatic carbocycles. The number of ether oxygens (including phenoxy) is 2. The van der Waals surface area contributed by atoms with Gasteiger partial charge in [0, 0.05) is 5.56 Å². The number of benzene rings is 1. The lowest BCUT2D eigenvalue weighted by molar-refractivity contribution is 0.257. The number of aliphatic hydroxyl groups excluding tert-OH is 1. The summed E-state index contributed by atoms with van der Waals surface area (Å²) in [5, 5.41) is 9.01. The first-order valence-electron chi connectivity index (χ1n) is 4.27. The normalized spacial score (nSPS) is 10.3. The fraction of sp³-hybridized carbons (Fsp3) is 0.400. The molecule has 0 fully saturated rings. The standard InChI is InChI=1S/C10H12F2O3/c1-5-7(11)9(14-2)6(4-13)10(15-3)8(5)12/h13H,4H2,1-3H3. The van der Waals surface area contributed by atoms with Crippen LogP contribution < -0.4 is 9.47 Å². The molecule has 0 aliphatic heterocycles. The molecule has 1 rings (SSSR count). The average Bonchev–Trinajstić information content (AvgIpc) is 2.25. The summed E-state index contributed by atoms with van der Waals surface area (Å²) in [6.07, 6.45) is 0. The number of methoxy groups -OCH3 is 2. The first-order chi connectivity index (χ1) is 7.08. The Morgan fingerprint density at radius 2 is 1.47 bits per heavy atom. The first kappa shape index (κ1) is 11.7. The Morgan fingerprint density at radius 3 is 1.73 bits per heavy atom. The van der Waals surface area contributed by atoms with E-state index in [1.54, 1.807) is 0 Å². The minimum absolute atomic E-state index is 0.0272. The molecular weight excluding hydrogens is 206 g/mol. The molecule has 0 heterocycles. The zero-order chi connectivity index (χ0) is 11.6. The van der Waals surface area contributed by atoms with Crippen LogP contribution in [0.15, 0.2) is 0 Å². The summed E-state index contributed by atoms with van der Waals surface area (Å²) >= 11 is 0. The van der Waals surface area contributed by atoms with Crippen LogP contribution in [0.1, 0.15) is 11.1 Å². The van der Waals surface area contributed by atoms with Crippen LogP contribution in [-0.2, 0) is 6.61 Å². The monoisotopic (exact) mass is 218 g/mol. The van der Waals surface area contributed by atoms with Crippen LogP contribution in [0.3, 0.4) is 0 Å². The van der Waals surface area contributed by atoms with Gasteiger partial charge in [0.05, 0.1) is 26.4 Å². The zero-order valence-corrected chi connectivity index (χ0v) is 8.73. The molecule has 15 heavy (non-hydrogen) atoms. The average molecular weight is 218 g/mol. The van der Waals surface area contributed by atoms with Crippen LogP contribution in [-0.4, -0.2) is 19.3 Å². The molecule has 0 amide bonds. The molecule has 3 nitrogen and oxygen atoms in total. The number of halogens is 2. The van der Waals surface area contributed by atoms with Gasteiger partial charge in [-0.15, -0.1) is 0 Å². The van der Waals surface area contributed by atoms with Crippen LogP contribution in [0.2, 0.25) is 0 Å². The second-order valence-corrected chi connectivity index (χ2v) is 2.96. The van der Waals surface area contributed by atoms with Crippen LogP contribution in [0.25, 0.3) is 0 Å². The molecule has 0 aromatic heterocycles. The summed E-state index contributed by atoms with van der Waals surface area (Å²) in [4.78, 5) is 0. The SMILES string of the molecule is COc1c(F)c(C)c(F)c(OC)c1CO. The zero-order valence-electron chi connectivity index (χ0n) is 8.73. The molecule has 1 aromatic rings. The topological polar surface area (TPSA) is 38.7 Å². The van der Waals surface area contributed by atoms with Crippen LogP contribution in [0.5, 0.6) is 11.5 Å². The van der Waals surface area contributed by atoms with Crippen LogP contribution in [0.4, 0.5) is 8.78 Å². The van der Waals surface area contributed by atoms with Gasteiger partial charge in [0.15, 0.2) is 23.1 Å². The van der Waals surface area contributed by atoms with Gasteiger partial charge in [-0.05, 0) is 6.92 Å². The van der Waals surface area contributed by atoms with Crippen molar-refractivity contribution < 1.29 is 23.4 Å². The fourth-order valence-electron chi connectivity index (χ4n) is 1.37. The van der Waals surface area contributed by atoms with E-state index in [0.29, 0.717) is 0 Å². The van der Waals surface area contributed by atoms with Gasteiger partial charge >= 0.3 is 0 Å². The van der Waals surface area contributed by atoms with E-state index in [-0.39, 0.29) is 22.6 Å². The summed E-state index contributed by atoms with van der Waals surface area (Å²) in [6, 6.07) is 0. The Kier molecular flexibility index (Phi) is 3.47. The van der Waals surface area contributed by atoms with Gasteiger partial charge in [-0.2, -0.15) is 0 Å². The van der Waals surface area contributed by atoms with E-state index >= 15 is 0 Å². The van der Waals surface area contributed by atoms with Crippen molar-refractivity contribution in [3.05, 3.63) is 22.8 Å². The lowest BCUT2D eigenvalue weighted by Gasteiger charge is -2.15. The van der Waals surface area contributed by atoms with E-state index in [1.165, 1.54) is 21.1 Å². The van der Waals surface area contributed by atoms with E-state index in [0.717, 1.165) is 0 Å². The van der Waals surface area contributed by atoms with E-state index in [1.807, 2.05) is 0 Å². The molecule has 0 atom stereocenters. The molecule has 0 bridgehead atoms. The largest absolute Gasteiger partial charge is 0.493 e. The summed E-state index contributed by atoms with van der Waals surface area (Å²) in [5.41, 5.74) is -0.221. The Bertz CT molecular complexity index is 346. The van der Waals surface area contributed by atoms with Crippen molar-refractivity contribution in [2.75, 3.05) is 14.2 Å². The third-order valence-electron chi connectivity index (χ3n) is 2.17. The minimum atomic E-state index is -0.820. The molecule has 0 radical (unpaired) electrons. The highest BCUT2D eigenvalue weighted by Crippen LogP contribution is 2.36. The van der Waals surface area contributed by atoms with Crippen molar-refractivity contribution >= 4 is 0 Å². The molecule has 0 aliphatic rings.